The number of hydrogen-bond acceptors (Lipinski definition) is 4. The third-order valence-corrected chi connectivity index (χ3v) is 5.92. The first-order valence-electron chi connectivity index (χ1n) is 8.53. The Labute approximate surface area is 186 Å². The Hall–Kier alpha value is -1.99. The van der Waals surface area contributed by atoms with Crippen molar-refractivity contribution in [2.24, 2.45) is 0 Å². The van der Waals surface area contributed by atoms with Gasteiger partial charge >= 0.3 is 0 Å². The van der Waals surface area contributed by atoms with Gasteiger partial charge in [-0.05, 0) is 43.3 Å². The van der Waals surface area contributed by atoms with Gasteiger partial charge < -0.3 is 5.32 Å². The van der Waals surface area contributed by atoms with E-state index in [-0.39, 0.29) is 18.0 Å². The Morgan fingerprint density at radius 1 is 1.24 bits per heavy atom. The molecule has 0 fully saturated rings. The van der Waals surface area contributed by atoms with Crippen LogP contribution in [0.3, 0.4) is 0 Å². The van der Waals surface area contributed by atoms with E-state index < -0.39 is 5.25 Å². The standard InChI is InChI=1S/C20H16Cl3N3O2S/c1-3-8-26-19(28)14-6-4-12(21)9-16(14)25-20(26)29-11(2)18(27)24-17-10-13(22)5-7-15(17)23/h3-7,9-11H,1,8H2,2H3,(H,24,27). The number of nitrogens with zero attached hydrogens (tertiary/aromatic N) is 2. The number of aromatic nitrogens is 2. The van der Waals surface area contributed by atoms with Crippen molar-refractivity contribution in [3.8, 4) is 0 Å². The number of benzene rings is 2. The van der Waals surface area contributed by atoms with Crippen molar-refractivity contribution < 1.29 is 4.79 Å². The van der Waals surface area contributed by atoms with Crippen LogP contribution in [0, 0.1) is 0 Å². The Bertz CT molecular complexity index is 1160. The number of fused-ring (bicyclic) bond motifs is 1. The molecule has 9 heteroatoms. The Kier molecular flexibility index (Phi) is 6.90. The van der Waals surface area contributed by atoms with E-state index in [1.807, 2.05) is 0 Å². The molecular weight excluding hydrogens is 453 g/mol. The van der Waals surface area contributed by atoms with Crippen LogP contribution < -0.4 is 10.9 Å². The predicted octanol–water partition coefficient (Wildman–Crippen LogP) is 5.66. The highest BCUT2D eigenvalue weighted by atomic mass is 35.5. The van der Waals surface area contributed by atoms with Crippen LogP contribution in [0.2, 0.25) is 15.1 Å². The molecule has 0 aliphatic heterocycles. The summed E-state index contributed by atoms with van der Waals surface area (Å²) in [6.07, 6.45) is 1.60. The lowest BCUT2D eigenvalue weighted by atomic mass is 10.2. The molecule has 0 aliphatic carbocycles. The van der Waals surface area contributed by atoms with Crippen LogP contribution in [-0.2, 0) is 11.3 Å². The van der Waals surface area contributed by atoms with Crippen LogP contribution in [0.4, 0.5) is 5.69 Å². The zero-order valence-corrected chi connectivity index (χ0v) is 18.4. The summed E-state index contributed by atoms with van der Waals surface area (Å²) < 4.78 is 1.48. The molecule has 5 nitrogen and oxygen atoms in total. The highest BCUT2D eigenvalue weighted by Gasteiger charge is 2.20. The molecule has 1 aromatic heterocycles. The van der Waals surface area contributed by atoms with E-state index in [0.717, 1.165) is 11.8 Å². The average Bonchev–Trinajstić information content (AvgIpc) is 2.67. The maximum atomic E-state index is 12.9. The summed E-state index contributed by atoms with van der Waals surface area (Å²) >= 11 is 19.3. The summed E-state index contributed by atoms with van der Waals surface area (Å²) in [6, 6.07) is 9.71. The molecule has 0 saturated carbocycles. The van der Waals surface area contributed by atoms with E-state index in [1.165, 1.54) is 4.57 Å². The van der Waals surface area contributed by atoms with Crippen molar-refractivity contribution in [1.82, 2.24) is 9.55 Å². The second-order valence-corrected chi connectivity index (χ2v) is 8.72. The Morgan fingerprint density at radius 3 is 2.66 bits per heavy atom. The van der Waals surface area contributed by atoms with E-state index in [4.69, 9.17) is 34.8 Å². The molecule has 1 atom stereocenters. The second kappa shape index (κ2) is 9.22. The van der Waals surface area contributed by atoms with Crippen LogP contribution in [0.1, 0.15) is 6.92 Å². The van der Waals surface area contributed by atoms with Gasteiger partial charge in [-0.25, -0.2) is 4.98 Å². The molecule has 29 heavy (non-hydrogen) atoms. The topological polar surface area (TPSA) is 64.0 Å². The van der Waals surface area contributed by atoms with Crippen LogP contribution in [0.15, 0.2) is 59.0 Å². The van der Waals surface area contributed by atoms with E-state index >= 15 is 0 Å². The largest absolute Gasteiger partial charge is 0.324 e. The molecule has 0 spiro atoms. The molecule has 1 amide bonds. The average molecular weight is 469 g/mol. The number of hydrogen-bond donors (Lipinski definition) is 1. The molecule has 2 aromatic carbocycles. The first-order valence-corrected chi connectivity index (χ1v) is 10.5. The van der Waals surface area contributed by atoms with Crippen molar-refractivity contribution in [2.45, 2.75) is 23.9 Å². The van der Waals surface area contributed by atoms with Crippen LogP contribution in [0.25, 0.3) is 10.9 Å². The number of carbonyl (C=O) groups excluding carboxylic acids is 1. The lowest BCUT2D eigenvalue weighted by Gasteiger charge is -2.16. The molecule has 0 radical (unpaired) electrons. The first-order chi connectivity index (χ1) is 13.8. The molecule has 0 saturated heterocycles. The normalized spacial score (nSPS) is 12.0. The molecule has 1 N–H and O–H groups in total. The minimum Gasteiger partial charge on any atom is -0.324 e. The van der Waals surface area contributed by atoms with Gasteiger partial charge in [0.2, 0.25) is 5.91 Å². The number of allylic oxidation sites excluding steroid dienone is 1. The van der Waals surface area contributed by atoms with Crippen LogP contribution in [-0.4, -0.2) is 20.7 Å². The zero-order valence-electron chi connectivity index (χ0n) is 15.3. The minimum atomic E-state index is -0.565. The number of amides is 1. The third-order valence-electron chi connectivity index (χ3n) is 4.03. The maximum absolute atomic E-state index is 12.9. The van der Waals surface area contributed by atoms with Crippen molar-refractivity contribution in [3.05, 3.63) is 74.5 Å². The van der Waals surface area contributed by atoms with Gasteiger partial charge in [-0.2, -0.15) is 0 Å². The number of halogens is 3. The highest BCUT2D eigenvalue weighted by molar-refractivity contribution is 8.00. The van der Waals surface area contributed by atoms with E-state index in [2.05, 4.69) is 16.9 Å². The van der Waals surface area contributed by atoms with Crippen LogP contribution >= 0.6 is 46.6 Å². The lowest BCUT2D eigenvalue weighted by molar-refractivity contribution is -0.115. The van der Waals surface area contributed by atoms with Gasteiger partial charge in [-0.1, -0.05) is 52.6 Å². The maximum Gasteiger partial charge on any atom is 0.262 e. The minimum absolute atomic E-state index is 0.223. The van der Waals surface area contributed by atoms with Gasteiger partial charge in [-0.15, -0.1) is 6.58 Å². The van der Waals surface area contributed by atoms with Gasteiger partial charge in [0.1, 0.15) is 0 Å². The molecule has 1 unspecified atom stereocenters. The number of anilines is 1. The summed E-state index contributed by atoms with van der Waals surface area (Å²) in [4.78, 5) is 30.1. The number of nitrogens with one attached hydrogen (secondary N) is 1. The fraction of sp³-hybridized carbons (Fsp3) is 0.150. The Morgan fingerprint density at radius 2 is 1.93 bits per heavy atom. The van der Waals surface area contributed by atoms with E-state index in [0.29, 0.717) is 36.8 Å². The van der Waals surface area contributed by atoms with E-state index in [1.54, 1.807) is 49.4 Å². The van der Waals surface area contributed by atoms with Crippen molar-refractivity contribution in [2.75, 3.05) is 5.32 Å². The summed E-state index contributed by atoms with van der Waals surface area (Å²) in [7, 11) is 0. The summed E-state index contributed by atoms with van der Waals surface area (Å²) in [5, 5.41) is 4.33. The van der Waals surface area contributed by atoms with Gasteiger partial charge in [0, 0.05) is 16.6 Å². The lowest BCUT2D eigenvalue weighted by Crippen LogP contribution is -2.27. The molecule has 3 rings (SSSR count). The van der Waals surface area contributed by atoms with Gasteiger partial charge in [-0.3, -0.25) is 14.2 Å². The summed E-state index contributed by atoms with van der Waals surface area (Å²) in [5.41, 5.74) is 0.661. The van der Waals surface area contributed by atoms with Crippen molar-refractivity contribution in [3.63, 3.8) is 0 Å². The quantitative estimate of drug-likeness (QED) is 0.288. The highest BCUT2D eigenvalue weighted by Crippen LogP contribution is 2.28. The fourth-order valence-corrected chi connectivity index (χ4v) is 4.01. The van der Waals surface area contributed by atoms with E-state index in [9.17, 15) is 9.59 Å². The SMILES string of the molecule is C=CCn1c(SC(C)C(=O)Nc2cc(Cl)ccc2Cl)nc2cc(Cl)ccc2c1=O. The van der Waals surface area contributed by atoms with Crippen LogP contribution in [0.5, 0.6) is 0 Å². The summed E-state index contributed by atoms with van der Waals surface area (Å²) in [5.74, 6) is -0.301. The molecule has 150 valence electrons. The number of carbonyl (C=O) groups is 1. The monoisotopic (exact) mass is 467 g/mol. The van der Waals surface area contributed by atoms with Gasteiger partial charge in [0.25, 0.3) is 5.56 Å². The number of thioether (sulfide) groups is 1. The number of rotatable bonds is 6. The van der Waals surface area contributed by atoms with Crippen molar-refractivity contribution in [1.29, 1.82) is 0 Å². The molecule has 1 heterocycles. The Balaban J connectivity index is 1.92. The van der Waals surface area contributed by atoms with Crippen molar-refractivity contribution >= 4 is 69.1 Å². The molecule has 3 aromatic rings. The summed E-state index contributed by atoms with van der Waals surface area (Å²) in [6.45, 7) is 5.67. The molecular formula is C20H16Cl3N3O2S. The van der Waals surface area contributed by atoms with Gasteiger partial charge in [0.05, 0.1) is 26.9 Å². The zero-order chi connectivity index (χ0) is 21.1. The smallest absolute Gasteiger partial charge is 0.262 e. The molecule has 0 aliphatic rings. The molecule has 0 bridgehead atoms. The first kappa shape index (κ1) is 21.7. The predicted molar refractivity (Wildman–Crippen MR) is 122 cm³/mol. The second-order valence-electron chi connectivity index (χ2n) is 6.13. The third kappa shape index (κ3) is 4.95. The fourth-order valence-electron chi connectivity index (χ4n) is 2.59. The van der Waals surface area contributed by atoms with Gasteiger partial charge in [0.15, 0.2) is 5.16 Å².